The number of phenolic OH excluding ortho intramolecular Hbond substituents is 1. The Bertz CT molecular complexity index is 2140. The zero-order valence-corrected chi connectivity index (χ0v) is 26.5. The minimum atomic E-state index is -5.29. The summed E-state index contributed by atoms with van der Waals surface area (Å²) >= 11 is 0. The van der Waals surface area contributed by atoms with E-state index in [2.05, 4.69) is 24.9 Å². The fourth-order valence-electron chi connectivity index (χ4n) is 3.29. The van der Waals surface area contributed by atoms with Crippen LogP contribution in [0.2, 0.25) is 0 Å². The molecule has 0 unspecified atom stereocenters. The molecule has 1 radical (unpaired) electrons. The minimum Gasteiger partial charge on any atom is -0.504 e. The van der Waals surface area contributed by atoms with Crippen molar-refractivity contribution in [2.75, 3.05) is 17.8 Å². The number of amidine groups is 1. The number of sulfone groups is 1. The Morgan fingerprint density at radius 3 is 2.00 bits per heavy atom. The number of nitrogens with zero attached hydrogens (tertiary/aromatic N) is 3. The smallest absolute Gasteiger partial charge is 0.397 e. The third-order valence-electron chi connectivity index (χ3n) is 5.33. The third-order valence-corrected chi connectivity index (χ3v) is 9.17. The molecule has 46 heavy (non-hydrogen) atoms. The number of hydrazone groups is 1. The predicted molar refractivity (Wildman–Crippen MR) is 152 cm³/mol. The molecule has 0 aliphatic carbocycles. The number of aromatic carboxylic acids is 1. The van der Waals surface area contributed by atoms with Crippen molar-refractivity contribution in [2.24, 2.45) is 15.3 Å². The van der Waals surface area contributed by atoms with Gasteiger partial charge in [-0.2, -0.15) is 30.4 Å². The molecule has 3 rings (SSSR count). The molecule has 6 N–H and O–H groups in total. The van der Waals surface area contributed by atoms with Crippen molar-refractivity contribution in [3.63, 3.8) is 0 Å². The van der Waals surface area contributed by atoms with Crippen LogP contribution in [-0.2, 0) is 61.7 Å². The Balaban J connectivity index is 0.00000736. The summed E-state index contributed by atoms with van der Waals surface area (Å²) in [6.45, 7) is -1.10. The quantitative estimate of drug-likeness (QED) is 0.0290. The first-order valence-electron chi connectivity index (χ1n) is 11.5. The van der Waals surface area contributed by atoms with Gasteiger partial charge in [-0.1, -0.05) is 30.3 Å². The molecule has 0 aliphatic heterocycles. The van der Waals surface area contributed by atoms with Gasteiger partial charge in [0.2, 0.25) is 5.84 Å². The third kappa shape index (κ3) is 10.3. The van der Waals surface area contributed by atoms with E-state index in [4.69, 9.17) is 4.55 Å². The average molecular weight is 772 g/mol. The van der Waals surface area contributed by atoms with E-state index in [0.29, 0.717) is 18.2 Å². The molecule has 0 fully saturated rings. The number of hydrogen-bond acceptors (Lipinski definition) is 14. The first-order chi connectivity index (χ1) is 20.7. The average Bonchev–Trinajstić information content (AvgIpc) is 2.92. The van der Waals surface area contributed by atoms with E-state index in [1.54, 1.807) is 6.07 Å². The second-order valence-corrected chi connectivity index (χ2v) is 14.4. The number of carboxylic acid groups (broad SMARTS) is 1. The van der Waals surface area contributed by atoms with E-state index in [1.165, 1.54) is 24.3 Å². The van der Waals surface area contributed by atoms with Crippen LogP contribution < -0.4 is 5.43 Å². The molecule has 0 atom stereocenters. The van der Waals surface area contributed by atoms with Crippen molar-refractivity contribution in [3.05, 3.63) is 71.8 Å². The summed E-state index contributed by atoms with van der Waals surface area (Å²) in [5.41, 5.74) is 0.425. The molecule has 3 aromatic rings. The van der Waals surface area contributed by atoms with Crippen LogP contribution in [0, 0.1) is 0 Å². The number of hydrogen-bond donors (Lipinski definition) is 6. The normalized spacial score (nSPS) is 12.9. The predicted octanol–water partition coefficient (Wildman–Crippen LogP) is 1.73. The van der Waals surface area contributed by atoms with Crippen LogP contribution in [0.5, 0.6) is 5.75 Å². The van der Waals surface area contributed by atoms with Gasteiger partial charge in [-0.3, -0.25) is 19.1 Å². The van der Waals surface area contributed by atoms with Gasteiger partial charge in [-0.25, -0.2) is 17.4 Å². The summed E-state index contributed by atoms with van der Waals surface area (Å²) < 4.78 is 125. The van der Waals surface area contributed by atoms with Crippen LogP contribution in [0.15, 0.2) is 90.7 Å². The molecule has 0 saturated carbocycles. The SMILES string of the molecule is O=C(O)c1ccc(S(=O)(=O)O)cc1N=NC(=NNc1cc(S(=O)(=O)CCOS(=O)(=O)O)cc(S(=O)(=O)O)c1O)c1ccccc1.[Cu]. The van der Waals surface area contributed by atoms with Crippen LogP contribution in [-0.4, -0.2) is 81.7 Å². The molecule has 253 valence electrons. The number of anilines is 1. The van der Waals surface area contributed by atoms with Gasteiger partial charge in [-0.15, -0.1) is 10.2 Å². The monoisotopic (exact) mass is 771 g/mol. The largest absolute Gasteiger partial charge is 0.504 e. The maximum atomic E-state index is 12.7. The molecule has 0 aliphatic rings. The van der Waals surface area contributed by atoms with Gasteiger partial charge in [0.1, 0.15) is 16.3 Å². The van der Waals surface area contributed by atoms with Gasteiger partial charge in [-0.05, 0) is 30.3 Å². The number of benzene rings is 3. The Kier molecular flexibility index (Phi) is 12.3. The summed E-state index contributed by atoms with van der Waals surface area (Å²) in [5.74, 6) is -4.34. The molecule has 24 heteroatoms. The number of phenols is 1. The van der Waals surface area contributed by atoms with Crippen LogP contribution in [0.1, 0.15) is 15.9 Å². The number of azo groups is 1. The molecule has 0 amide bonds. The van der Waals surface area contributed by atoms with Gasteiger partial charge in [0.05, 0.1) is 27.7 Å². The number of nitrogens with one attached hydrogen (secondary N) is 1. The van der Waals surface area contributed by atoms with Crippen molar-refractivity contribution in [2.45, 2.75) is 14.7 Å². The fourth-order valence-corrected chi connectivity index (χ4v) is 6.03. The number of carboxylic acids is 1. The Hall–Kier alpha value is -3.84. The second kappa shape index (κ2) is 14.7. The van der Waals surface area contributed by atoms with Crippen LogP contribution >= 0.6 is 0 Å². The van der Waals surface area contributed by atoms with Crippen molar-refractivity contribution in [1.29, 1.82) is 0 Å². The summed E-state index contributed by atoms with van der Waals surface area (Å²) in [4.78, 5) is 8.71. The van der Waals surface area contributed by atoms with Crippen LogP contribution in [0.3, 0.4) is 0 Å². The molecule has 3 aromatic carbocycles. The Morgan fingerprint density at radius 2 is 1.46 bits per heavy atom. The van der Waals surface area contributed by atoms with Gasteiger partial charge >= 0.3 is 16.4 Å². The number of carbonyl (C=O) groups is 1. The van der Waals surface area contributed by atoms with E-state index in [9.17, 15) is 57.8 Å². The van der Waals surface area contributed by atoms with E-state index in [0.717, 1.165) is 12.1 Å². The van der Waals surface area contributed by atoms with Crippen molar-refractivity contribution >= 4 is 63.7 Å². The minimum absolute atomic E-state index is 0. The maximum absolute atomic E-state index is 12.7. The van der Waals surface area contributed by atoms with E-state index in [-0.39, 0.29) is 22.6 Å². The molecular weight excluding hydrogens is 752 g/mol. The number of aromatic hydroxyl groups is 1. The molecule has 0 bridgehead atoms. The topological polar surface area (TPSA) is 313 Å². The molecular formula is C22H20CuN4O15S4. The van der Waals surface area contributed by atoms with Crippen molar-refractivity contribution in [1.82, 2.24) is 0 Å². The second-order valence-electron chi connectivity index (χ2n) is 8.43. The standard InChI is InChI=1S/C22H20N4O15S4.Cu/c27-20-18(11-15(12-19(20)44(35,36)37)42(30,31)9-8-41-45(38,39)40)24-26-21(13-4-2-1-3-5-13)25-23-17-10-14(43(32,33)34)6-7-16(17)22(28)29;/h1-7,10-12,24,27H,8-9H2,(H,28,29)(H,32,33,34)(H,35,36,37)(H,38,39,40);. The maximum Gasteiger partial charge on any atom is 0.397 e. The van der Waals surface area contributed by atoms with Gasteiger partial charge in [0, 0.05) is 22.6 Å². The van der Waals surface area contributed by atoms with Crippen molar-refractivity contribution < 1.29 is 83.6 Å². The molecule has 0 saturated heterocycles. The van der Waals surface area contributed by atoms with Gasteiger partial charge < -0.3 is 10.2 Å². The zero-order valence-electron chi connectivity index (χ0n) is 22.3. The Labute approximate surface area is 271 Å². The first-order valence-corrected chi connectivity index (χ1v) is 17.4. The molecule has 0 aromatic heterocycles. The van der Waals surface area contributed by atoms with E-state index < -0.39 is 102 Å². The Morgan fingerprint density at radius 1 is 0.826 bits per heavy atom. The van der Waals surface area contributed by atoms with E-state index in [1.807, 2.05) is 0 Å². The first kappa shape index (κ1) is 38.3. The summed E-state index contributed by atoms with van der Waals surface area (Å²) in [6.07, 6.45) is 0. The molecule has 19 nitrogen and oxygen atoms in total. The van der Waals surface area contributed by atoms with E-state index >= 15 is 0 Å². The summed E-state index contributed by atoms with van der Waals surface area (Å²) in [5, 5.41) is 31.3. The fraction of sp³-hybridized carbons (Fsp3) is 0.0909. The van der Waals surface area contributed by atoms with Crippen LogP contribution in [0.4, 0.5) is 11.4 Å². The molecule has 0 spiro atoms. The summed E-state index contributed by atoms with van der Waals surface area (Å²) in [7, 11) is -19.7. The number of rotatable bonds is 12. The van der Waals surface area contributed by atoms with Crippen molar-refractivity contribution in [3.8, 4) is 5.75 Å². The summed E-state index contributed by atoms with van der Waals surface area (Å²) in [6, 6.07) is 10.7. The zero-order chi connectivity index (χ0) is 33.8. The van der Waals surface area contributed by atoms with Crippen LogP contribution in [0.25, 0.3) is 0 Å². The van der Waals surface area contributed by atoms with Gasteiger partial charge in [0.15, 0.2) is 15.6 Å². The van der Waals surface area contributed by atoms with Gasteiger partial charge in [0.25, 0.3) is 20.2 Å². The molecule has 0 heterocycles.